The molecule has 1 aromatic heterocycles. The lowest BCUT2D eigenvalue weighted by Crippen LogP contribution is -2.43. The van der Waals surface area contributed by atoms with Crippen LogP contribution in [0.1, 0.15) is 38.2 Å². The van der Waals surface area contributed by atoms with Gasteiger partial charge in [0.05, 0.1) is 0 Å². The Morgan fingerprint density at radius 1 is 1.34 bits per heavy atom. The van der Waals surface area contributed by atoms with E-state index in [2.05, 4.69) is 21.9 Å². The third-order valence-corrected chi connectivity index (χ3v) is 5.67. The number of hydrogen-bond acceptors (Lipinski definition) is 4. The molecule has 29 heavy (non-hydrogen) atoms. The summed E-state index contributed by atoms with van der Waals surface area (Å²) < 4.78 is 15.1. The fraction of sp³-hybridized carbons (Fsp3) is 0.591. The van der Waals surface area contributed by atoms with E-state index in [4.69, 9.17) is 0 Å². The van der Waals surface area contributed by atoms with Crippen LogP contribution in [0.4, 0.5) is 4.39 Å². The summed E-state index contributed by atoms with van der Waals surface area (Å²) in [6.45, 7) is 7.40. The number of aryl methyl sites for hydroxylation is 1. The maximum atomic E-state index is 13.4. The molecule has 0 unspecified atom stereocenters. The molecular weight excluding hydrogens is 369 g/mol. The third-order valence-electron chi connectivity index (χ3n) is 5.67. The molecule has 2 heterocycles. The monoisotopic (exact) mass is 401 g/mol. The van der Waals surface area contributed by atoms with Crippen LogP contribution in [0.25, 0.3) is 0 Å². The van der Waals surface area contributed by atoms with Crippen LogP contribution in [-0.2, 0) is 17.8 Å². The number of piperidine rings is 1. The van der Waals surface area contributed by atoms with Crippen molar-refractivity contribution in [2.24, 2.45) is 5.92 Å². The summed E-state index contributed by atoms with van der Waals surface area (Å²) in [6.07, 6.45) is 7.72. The van der Waals surface area contributed by atoms with E-state index in [9.17, 15) is 9.18 Å². The number of carbonyl (C=O) groups is 1. The van der Waals surface area contributed by atoms with Crippen molar-refractivity contribution in [2.75, 3.05) is 32.7 Å². The molecule has 1 aliphatic heterocycles. The van der Waals surface area contributed by atoms with Crippen LogP contribution in [0.3, 0.4) is 0 Å². The molecule has 1 atom stereocenters. The first kappa shape index (κ1) is 21.4. The Morgan fingerprint density at radius 3 is 3.00 bits per heavy atom. The van der Waals surface area contributed by atoms with Crippen LogP contribution in [0.5, 0.6) is 0 Å². The first-order valence-electron chi connectivity index (χ1n) is 10.7. The maximum Gasteiger partial charge on any atom is 0.222 e. The Hall–Kier alpha value is -2.28. The second kappa shape index (κ2) is 11.0. The zero-order valence-electron chi connectivity index (χ0n) is 17.3. The second-order valence-corrected chi connectivity index (χ2v) is 7.88. The van der Waals surface area contributed by atoms with Gasteiger partial charge in [-0.1, -0.05) is 12.1 Å². The number of aromatic nitrogens is 3. The minimum atomic E-state index is -0.167. The van der Waals surface area contributed by atoms with Crippen LogP contribution >= 0.6 is 0 Å². The van der Waals surface area contributed by atoms with Crippen LogP contribution in [-0.4, -0.2) is 63.2 Å². The van der Waals surface area contributed by atoms with Gasteiger partial charge < -0.3 is 9.80 Å². The van der Waals surface area contributed by atoms with Gasteiger partial charge in [0.25, 0.3) is 0 Å². The van der Waals surface area contributed by atoms with Crippen molar-refractivity contribution in [3.05, 3.63) is 48.3 Å². The molecule has 3 rings (SSSR count). The minimum Gasteiger partial charge on any atom is -0.343 e. The SMILES string of the molecule is CCN(C[C@@H]1CCCN(CCc2cccc(F)c2)C1)C(=O)CCCn1cncn1. The third kappa shape index (κ3) is 6.92. The molecule has 0 aliphatic carbocycles. The van der Waals surface area contributed by atoms with Crippen LogP contribution in [0.15, 0.2) is 36.9 Å². The fourth-order valence-corrected chi connectivity index (χ4v) is 4.10. The van der Waals surface area contributed by atoms with E-state index >= 15 is 0 Å². The second-order valence-electron chi connectivity index (χ2n) is 7.88. The molecule has 0 N–H and O–H groups in total. The number of benzene rings is 1. The summed E-state index contributed by atoms with van der Waals surface area (Å²) in [5.41, 5.74) is 1.05. The van der Waals surface area contributed by atoms with Gasteiger partial charge in [-0.3, -0.25) is 9.48 Å². The van der Waals surface area contributed by atoms with Gasteiger partial charge in [-0.15, -0.1) is 0 Å². The molecule has 1 fully saturated rings. The minimum absolute atomic E-state index is 0.167. The zero-order chi connectivity index (χ0) is 20.5. The smallest absolute Gasteiger partial charge is 0.222 e. The largest absolute Gasteiger partial charge is 0.343 e. The lowest BCUT2D eigenvalue weighted by Gasteiger charge is -2.35. The first-order valence-corrected chi connectivity index (χ1v) is 10.7. The fourth-order valence-electron chi connectivity index (χ4n) is 4.10. The Labute approximate surface area is 172 Å². The van der Waals surface area contributed by atoms with Crippen molar-refractivity contribution in [3.8, 4) is 0 Å². The number of carbonyl (C=O) groups excluding carboxylic acids is 1. The summed E-state index contributed by atoms with van der Waals surface area (Å²) in [7, 11) is 0. The van der Waals surface area contributed by atoms with E-state index < -0.39 is 0 Å². The predicted octanol–water partition coefficient (Wildman–Crippen LogP) is 3.00. The van der Waals surface area contributed by atoms with Gasteiger partial charge in [-0.2, -0.15) is 5.10 Å². The highest BCUT2D eigenvalue weighted by Gasteiger charge is 2.23. The average molecular weight is 402 g/mol. The van der Waals surface area contributed by atoms with Crippen molar-refractivity contribution < 1.29 is 9.18 Å². The van der Waals surface area contributed by atoms with E-state index in [0.717, 1.165) is 64.1 Å². The lowest BCUT2D eigenvalue weighted by atomic mass is 9.96. The van der Waals surface area contributed by atoms with Gasteiger partial charge in [-0.05, 0) is 62.8 Å². The number of hydrogen-bond donors (Lipinski definition) is 0. The van der Waals surface area contributed by atoms with E-state index in [1.807, 2.05) is 11.0 Å². The maximum absolute atomic E-state index is 13.4. The van der Waals surface area contributed by atoms with Gasteiger partial charge in [0.15, 0.2) is 0 Å². The van der Waals surface area contributed by atoms with E-state index in [0.29, 0.717) is 12.3 Å². The van der Waals surface area contributed by atoms with Gasteiger partial charge in [0.2, 0.25) is 5.91 Å². The van der Waals surface area contributed by atoms with Gasteiger partial charge in [0, 0.05) is 39.1 Å². The standard InChI is InChI=1S/C22H32FN5O/c1-2-27(22(29)9-5-12-28-18-24-17-25-28)16-20-7-4-11-26(15-20)13-10-19-6-3-8-21(23)14-19/h3,6,8,14,17-18,20H,2,4-5,7,9-13,15-16H2,1H3/t20-/m1/s1. The normalized spacial score (nSPS) is 17.4. The highest BCUT2D eigenvalue weighted by Crippen LogP contribution is 2.19. The summed E-state index contributed by atoms with van der Waals surface area (Å²) >= 11 is 0. The molecule has 0 spiro atoms. The summed E-state index contributed by atoms with van der Waals surface area (Å²) in [6, 6.07) is 6.87. The molecule has 7 heteroatoms. The molecule has 158 valence electrons. The molecule has 1 aromatic carbocycles. The molecular formula is C22H32FN5O. The van der Waals surface area contributed by atoms with E-state index in [-0.39, 0.29) is 11.7 Å². The Balaban J connectivity index is 1.41. The van der Waals surface area contributed by atoms with E-state index in [1.54, 1.807) is 23.1 Å². The Morgan fingerprint density at radius 2 is 2.24 bits per heavy atom. The summed E-state index contributed by atoms with van der Waals surface area (Å²) in [5.74, 6) is 0.569. The van der Waals surface area contributed by atoms with Crippen LogP contribution in [0.2, 0.25) is 0 Å². The highest BCUT2D eigenvalue weighted by molar-refractivity contribution is 5.76. The number of amides is 1. The van der Waals surface area contributed by atoms with Crippen molar-refractivity contribution in [1.29, 1.82) is 0 Å². The molecule has 6 nitrogen and oxygen atoms in total. The summed E-state index contributed by atoms with van der Waals surface area (Å²) in [5, 5.41) is 4.08. The molecule has 1 aliphatic rings. The van der Waals surface area contributed by atoms with Gasteiger partial charge >= 0.3 is 0 Å². The quantitative estimate of drug-likeness (QED) is 0.614. The van der Waals surface area contributed by atoms with Crippen molar-refractivity contribution in [1.82, 2.24) is 24.6 Å². The molecule has 0 bridgehead atoms. The number of halogens is 1. The molecule has 1 saturated heterocycles. The van der Waals surface area contributed by atoms with Crippen molar-refractivity contribution in [3.63, 3.8) is 0 Å². The lowest BCUT2D eigenvalue weighted by molar-refractivity contribution is -0.132. The van der Waals surface area contributed by atoms with E-state index in [1.165, 1.54) is 18.8 Å². The van der Waals surface area contributed by atoms with Crippen LogP contribution in [0, 0.1) is 11.7 Å². The Kier molecular flexibility index (Phi) is 8.16. The average Bonchev–Trinajstić information content (AvgIpc) is 3.24. The molecule has 1 amide bonds. The molecule has 0 radical (unpaired) electrons. The number of rotatable bonds is 10. The predicted molar refractivity (Wildman–Crippen MR) is 111 cm³/mol. The number of likely N-dealkylation sites (tertiary alicyclic amines) is 1. The van der Waals surface area contributed by atoms with Crippen LogP contribution < -0.4 is 0 Å². The number of nitrogens with zero attached hydrogens (tertiary/aromatic N) is 5. The Bertz CT molecular complexity index is 751. The zero-order valence-corrected chi connectivity index (χ0v) is 17.3. The first-order chi connectivity index (χ1) is 14.1. The molecule has 2 aromatic rings. The van der Waals surface area contributed by atoms with Crippen molar-refractivity contribution >= 4 is 5.91 Å². The highest BCUT2D eigenvalue weighted by atomic mass is 19.1. The summed E-state index contributed by atoms with van der Waals surface area (Å²) in [4.78, 5) is 21.0. The van der Waals surface area contributed by atoms with Gasteiger partial charge in [0.1, 0.15) is 18.5 Å². The van der Waals surface area contributed by atoms with Gasteiger partial charge in [-0.25, -0.2) is 9.37 Å². The van der Waals surface area contributed by atoms with Crippen molar-refractivity contribution in [2.45, 2.75) is 45.6 Å². The molecule has 0 saturated carbocycles. The topological polar surface area (TPSA) is 54.3 Å².